The molecular weight excluding hydrogens is 283 g/mol. The Morgan fingerprint density at radius 1 is 1.38 bits per heavy atom. The fraction of sp³-hybridized carbons (Fsp3) is 0.533. The van der Waals surface area contributed by atoms with Crippen molar-refractivity contribution in [1.82, 2.24) is 5.32 Å². The van der Waals surface area contributed by atoms with Crippen molar-refractivity contribution in [2.24, 2.45) is 5.92 Å². The van der Waals surface area contributed by atoms with Gasteiger partial charge in [-0.2, -0.15) is 13.2 Å². The third-order valence-electron chi connectivity index (χ3n) is 3.92. The van der Waals surface area contributed by atoms with Gasteiger partial charge in [-0.05, 0) is 49.9 Å². The van der Waals surface area contributed by atoms with Crippen molar-refractivity contribution < 1.29 is 22.7 Å². The SMILES string of the molecule is COC(=O)C1(C)CC(Cc2ccc(C(F)(F)F)cc2)CN1. The van der Waals surface area contributed by atoms with E-state index in [4.69, 9.17) is 4.74 Å². The van der Waals surface area contributed by atoms with E-state index < -0.39 is 17.3 Å². The Morgan fingerprint density at radius 2 is 2.00 bits per heavy atom. The molecule has 2 unspecified atom stereocenters. The Morgan fingerprint density at radius 3 is 2.52 bits per heavy atom. The summed E-state index contributed by atoms with van der Waals surface area (Å²) in [6, 6.07) is 5.18. The molecule has 0 saturated carbocycles. The third-order valence-corrected chi connectivity index (χ3v) is 3.92. The van der Waals surface area contributed by atoms with Crippen molar-refractivity contribution in [3.05, 3.63) is 35.4 Å². The molecule has 1 fully saturated rings. The summed E-state index contributed by atoms with van der Waals surface area (Å²) in [6.07, 6.45) is -3.06. The van der Waals surface area contributed by atoms with Gasteiger partial charge in [0.05, 0.1) is 12.7 Å². The predicted molar refractivity (Wildman–Crippen MR) is 71.7 cm³/mol. The number of benzene rings is 1. The van der Waals surface area contributed by atoms with Crippen LogP contribution in [0.5, 0.6) is 0 Å². The zero-order valence-electron chi connectivity index (χ0n) is 12.0. The van der Waals surface area contributed by atoms with E-state index in [2.05, 4.69) is 5.32 Å². The van der Waals surface area contributed by atoms with Crippen LogP contribution in [0, 0.1) is 5.92 Å². The second-order valence-electron chi connectivity index (χ2n) is 5.67. The van der Waals surface area contributed by atoms with Crippen molar-refractivity contribution in [1.29, 1.82) is 0 Å². The summed E-state index contributed by atoms with van der Waals surface area (Å²) in [5.74, 6) is -0.108. The molecule has 116 valence electrons. The fourth-order valence-corrected chi connectivity index (χ4v) is 2.78. The van der Waals surface area contributed by atoms with Gasteiger partial charge in [0, 0.05) is 0 Å². The standard InChI is InChI=1S/C15H18F3NO2/c1-14(13(20)21-2)8-11(9-19-14)7-10-3-5-12(6-4-10)15(16,17)18/h3-6,11,19H,7-9H2,1-2H3. The molecular formula is C15H18F3NO2. The summed E-state index contributed by atoms with van der Waals surface area (Å²) in [4.78, 5) is 11.7. The van der Waals surface area contributed by atoms with Crippen molar-refractivity contribution >= 4 is 5.97 Å². The molecule has 0 bridgehead atoms. The van der Waals surface area contributed by atoms with Crippen LogP contribution in [-0.2, 0) is 22.1 Å². The minimum atomic E-state index is -4.31. The van der Waals surface area contributed by atoms with E-state index >= 15 is 0 Å². The number of rotatable bonds is 3. The molecule has 1 aliphatic heterocycles. The minimum absolute atomic E-state index is 0.200. The summed E-state index contributed by atoms with van der Waals surface area (Å²) in [7, 11) is 1.35. The van der Waals surface area contributed by atoms with Gasteiger partial charge in [-0.15, -0.1) is 0 Å². The summed E-state index contributed by atoms with van der Waals surface area (Å²) in [5, 5.41) is 3.14. The first-order valence-electron chi connectivity index (χ1n) is 6.74. The molecule has 1 heterocycles. The Labute approximate surface area is 121 Å². The topological polar surface area (TPSA) is 38.3 Å². The number of methoxy groups -OCH3 is 1. The highest BCUT2D eigenvalue weighted by atomic mass is 19.4. The highest BCUT2D eigenvalue weighted by Crippen LogP contribution is 2.31. The molecule has 0 amide bonds. The van der Waals surface area contributed by atoms with Gasteiger partial charge in [0.2, 0.25) is 0 Å². The lowest BCUT2D eigenvalue weighted by atomic mass is 9.90. The Kier molecular flexibility index (Phi) is 4.27. The van der Waals surface area contributed by atoms with Gasteiger partial charge < -0.3 is 10.1 Å². The smallest absolute Gasteiger partial charge is 0.416 e. The first-order valence-corrected chi connectivity index (χ1v) is 6.74. The molecule has 21 heavy (non-hydrogen) atoms. The van der Waals surface area contributed by atoms with Crippen molar-refractivity contribution in [2.45, 2.75) is 31.5 Å². The van der Waals surface area contributed by atoms with Crippen LogP contribution in [0.3, 0.4) is 0 Å². The van der Waals surface area contributed by atoms with Gasteiger partial charge >= 0.3 is 12.1 Å². The third kappa shape index (κ3) is 3.56. The summed E-state index contributed by atoms with van der Waals surface area (Å²) < 4.78 is 42.2. The summed E-state index contributed by atoms with van der Waals surface area (Å²) >= 11 is 0. The first kappa shape index (κ1) is 15.8. The van der Waals surface area contributed by atoms with Crippen molar-refractivity contribution in [2.75, 3.05) is 13.7 Å². The maximum absolute atomic E-state index is 12.5. The highest BCUT2D eigenvalue weighted by molar-refractivity contribution is 5.80. The Hall–Kier alpha value is -1.56. The molecule has 1 aromatic rings. The molecule has 1 saturated heterocycles. The van der Waals surface area contributed by atoms with Crippen molar-refractivity contribution in [3.63, 3.8) is 0 Å². The molecule has 1 aromatic carbocycles. The highest BCUT2D eigenvalue weighted by Gasteiger charge is 2.41. The Bertz CT molecular complexity index is 513. The maximum atomic E-state index is 12.5. The Balaban J connectivity index is 1.99. The van der Waals surface area contributed by atoms with E-state index in [9.17, 15) is 18.0 Å². The zero-order valence-corrected chi connectivity index (χ0v) is 12.0. The first-order chi connectivity index (χ1) is 9.74. The lowest BCUT2D eigenvalue weighted by molar-refractivity contribution is -0.147. The van der Waals surface area contributed by atoms with Gasteiger partial charge in [0.15, 0.2) is 0 Å². The average Bonchev–Trinajstić information content (AvgIpc) is 2.80. The lowest BCUT2D eigenvalue weighted by Crippen LogP contribution is -2.45. The molecule has 0 aliphatic carbocycles. The van der Waals surface area contributed by atoms with Crippen LogP contribution in [0.25, 0.3) is 0 Å². The monoisotopic (exact) mass is 301 g/mol. The van der Waals surface area contributed by atoms with Gasteiger partial charge in [0.25, 0.3) is 0 Å². The second kappa shape index (κ2) is 5.67. The molecule has 1 N–H and O–H groups in total. The van der Waals surface area contributed by atoms with E-state index in [-0.39, 0.29) is 11.9 Å². The number of alkyl halides is 3. The molecule has 3 nitrogen and oxygen atoms in total. The molecule has 6 heteroatoms. The molecule has 0 aromatic heterocycles. The van der Waals surface area contributed by atoms with Crippen LogP contribution in [0.15, 0.2) is 24.3 Å². The van der Waals surface area contributed by atoms with E-state index in [1.807, 2.05) is 0 Å². The number of esters is 1. The number of hydrogen-bond donors (Lipinski definition) is 1. The number of carbonyl (C=O) groups is 1. The van der Waals surface area contributed by atoms with Crippen LogP contribution < -0.4 is 5.32 Å². The number of hydrogen-bond acceptors (Lipinski definition) is 3. The molecule has 1 aliphatic rings. The molecule has 2 rings (SSSR count). The normalized spacial score (nSPS) is 25.9. The second-order valence-corrected chi connectivity index (χ2v) is 5.67. The molecule has 0 spiro atoms. The van der Waals surface area contributed by atoms with Crippen molar-refractivity contribution in [3.8, 4) is 0 Å². The predicted octanol–water partition coefficient (Wildman–Crippen LogP) is 2.79. The number of ether oxygens (including phenoxy) is 1. The van der Waals surface area contributed by atoms with E-state index in [0.29, 0.717) is 19.4 Å². The van der Waals surface area contributed by atoms with Gasteiger partial charge in [-0.1, -0.05) is 12.1 Å². The summed E-state index contributed by atoms with van der Waals surface area (Å²) in [5.41, 5.74) is -0.509. The van der Waals surface area contributed by atoms with E-state index in [1.165, 1.54) is 19.2 Å². The van der Waals surface area contributed by atoms with Gasteiger partial charge in [0.1, 0.15) is 5.54 Å². The molecule has 2 atom stereocenters. The number of nitrogens with one attached hydrogen (secondary N) is 1. The van der Waals surface area contributed by atoms with Crippen LogP contribution >= 0.6 is 0 Å². The van der Waals surface area contributed by atoms with Crippen LogP contribution in [0.1, 0.15) is 24.5 Å². The van der Waals surface area contributed by atoms with E-state index in [0.717, 1.165) is 17.7 Å². The van der Waals surface area contributed by atoms with Gasteiger partial charge in [-0.25, -0.2) is 0 Å². The van der Waals surface area contributed by atoms with Crippen LogP contribution in [-0.4, -0.2) is 25.2 Å². The fourth-order valence-electron chi connectivity index (χ4n) is 2.78. The maximum Gasteiger partial charge on any atom is 0.416 e. The number of halogens is 3. The zero-order chi connectivity index (χ0) is 15.7. The average molecular weight is 301 g/mol. The van der Waals surface area contributed by atoms with Gasteiger partial charge in [-0.3, -0.25) is 4.79 Å². The quantitative estimate of drug-likeness (QED) is 0.873. The number of carbonyl (C=O) groups excluding carboxylic acids is 1. The lowest BCUT2D eigenvalue weighted by Gasteiger charge is -2.20. The largest absolute Gasteiger partial charge is 0.468 e. The van der Waals surface area contributed by atoms with Crippen LogP contribution in [0.2, 0.25) is 0 Å². The van der Waals surface area contributed by atoms with Crippen LogP contribution in [0.4, 0.5) is 13.2 Å². The minimum Gasteiger partial charge on any atom is -0.468 e. The molecule has 0 radical (unpaired) electrons. The van der Waals surface area contributed by atoms with E-state index in [1.54, 1.807) is 6.92 Å². The summed E-state index contributed by atoms with van der Waals surface area (Å²) in [6.45, 7) is 2.43.